The van der Waals surface area contributed by atoms with Crippen LogP contribution in [0.25, 0.3) is 11.3 Å². The van der Waals surface area contributed by atoms with Gasteiger partial charge in [-0.1, -0.05) is 30.3 Å². The van der Waals surface area contributed by atoms with Crippen molar-refractivity contribution in [3.8, 4) is 11.3 Å². The summed E-state index contributed by atoms with van der Waals surface area (Å²) >= 11 is 0. The molecule has 0 aliphatic carbocycles. The standard InChI is InChI=1S/C16H13N3O2/c1-19-16(21)13(15(20)12-8-5-9-17-10-12)14(18-19)11-6-3-2-4-7-11/h2-10,18H,1H3. The van der Waals surface area contributed by atoms with E-state index in [1.165, 1.54) is 10.9 Å². The smallest absolute Gasteiger partial charge is 0.278 e. The van der Waals surface area contributed by atoms with Crippen LogP contribution in [0.4, 0.5) is 0 Å². The molecule has 5 heteroatoms. The van der Waals surface area contributed by atoms with Gasteiger partial charge in [0, 0.05) is 30.6 Å². The van der Waals surface area contributed by atoms with Crippen LogP contribution in [0.5, 0.6) is 0 Å². The molecule has 0 saturated carbocycles. The fraction of sp³-hybridized carbons (Fsp3) is 0.0625. The van der Waals surface area contributed by atoms with E-state index in [0.29, 0.717) is 11.3 Å². The van der Waals surface area contributed by atoms with Crippen molar-refractivity contribution in [1.29, 1.82) is 0 Å². The number of benzene rings is 1. The van der Waals surface area contributed by atoms with Gasteiger partial charge in [0.05, 0.1) is 5.69 Å². The van der Waals surface area contributed by atoms with Crippen molar-refractivity contribution in [3.63, 3.8) is 0 Å². The van der Waals surface area contributed by atoms with Crippen molar-refractivity contribution in [1.82, 2.24) is 14.8 Å². The highest BCUT2D eigenvalue weighted by atomic mass is 16.2. The zero-order chi connectivity index (χ0) is 14.8. The average molecular weight is 279 g/mol. The number of nitrogens with one attached hydrogen (secondary N) is 1. The fourth-order valence-electron chi connectivity index (χ4n) is 2.21. The van der Waals surface area contributed by atoms with E-state index in [4.69, 9.17) is 0 Å². The summed E-state index contributed by atoms with van der Waals surface area (Å²) in [4.78, 5) is 28.8. The Hall–Kier alpha value is -2.95. The minimum absolute atomic E-state index is 0.136. The molecule has 0 amide bonds. The quantitative estimate of drug-likeness (QED) is 0.746. The second kappa shape index (κ2) is 5.20. The average Bonchev–Trinajstić information content (AvgIpc) is 2.84. The summed E-state index contributed by atoms with van der Waals surface area (Å²) in [6.45, 7) is 0. The molecule has 0 fully saturated rings. The number of carbonyl (C=O) groups excluding carboxylic acids is 1. The predicted molar refractivity (Wildman–Crippen MR) is 79.1 cm³/mol. The van der Waals surface area contributed by atoms with Crippen molar-refractivity contribution in [3.05, 3.63) is 76.3 Å². The summed E-state index contributed by atoms with van der Waals surface area (Å²) in [5.74, 6) is -0.330. The number of hydrogen-bond acceptors (Lipinski definition) is 3. The molecular weight excluding hydrogens is 266 g/mol. The Kier molecular flexibility index (Phi) is 3.23. The van der Waals surface area contributed by atoms with Gasteiger partial charge >= 0.3 is 0 Å². The Bertz CT molecular complexity index is 833. The fourth-order valence-corrected chi connectivity index (χ4v) is 2.21. The van der Waals surface area contributed by atoms with Crippen LogP contribution in [0, 0.1) is 0 Å². The maximum Gasteiger partial charge on any atom is 0.278 e. The zero-order valence-electron chi connectivity index (χ0n) is 11.4. The Labute approximate surface area is 120 Å². The first-order chi connectivity index (χ1) is 10.2. The van der Waals surface area contributed by atoms with Gasteiger partial charge in [-0.15, -0.1) is 0 Å². The van der Waals surface area contributed by atoms with E-state index in [2.05, 4.69) is 10.1 Å². The Morgan fingerprint density at radius 2 is 1.90 bits per heavy atom. The van der Waals surface area contributed by atoms with E-state index < -0.39 is 0 Å². The molecule has 0 spiro atoms. The van der Waals surface area contributed by atoms with Gasteiger partial charge < -0.3 is 0 Å². The molecule has 5 nitrogen and oxygen atoms in total. The minimum atomic E-state index is -0.345. The number of rotatable bonds is 3. The zero-order valence-corrected chi connectivity index (χ0v) is 11.4. The normalized spacial score (nSPS) is 10.5. The number of aryl methyl sites for hydroxylation is 1. The van der Waals surface area contributed by atoms with Crippen LogP contribution in [0.3, 0.4) is 0 Å². The number of ketones is 1. The van der Waals surface area contributed by atoms with E-state index in [0.717, 1.165) is 5.56 Å². The minimum Gasteiger partial charge on any atom is -0.294 e. The lowest BCUT2D eigenvalue weighted by Crippen LogP contribution is -2.19. The van der Waals surface area contributed by atoms with Gasteiger partial charge in [-0.05, 0) is 12.1 Å². The molecule has 1 aromatic carbocycles. The van der Waals surface area contributed by atoms with Gasteiger partial charge in [0.25, 0.3) is 5.56 Å². The number of carbonyl (C=O) groups is 1. The Morgan fingerprint density at radius 1 is 1.14 bits per heavy atom. The number of aromatic amines is 1. The molecule has 0 bridgehead atoms. The molecule has 2 aromatic heterocycles. The van der Waals surface area contributed by atoms with E-state index in [1.54, 1.807) is 25.4 Å². The Morgan fingerprint density at radius 3 is 2.57 bits per heavy atom. The second-order valence-corrected chi connectivity index (χ2v) is 4.66. The van der Waals surface area contributed by atoms with Crippen molar-refractivity contribution < 1.29 is 4.79 Å². The highest BCUT2D eigenvalue weighted by Crippen LogP contribution is 2.21. The first kappa shape index (κ1) is 13.1. The number of pyridine rings is 1. The van der Waals surface area contributed by atoms with Crippen LogP contribution in [0.15, 0.2) is 59.7 Å². The third-order valence-electron chi connectivity index (χ3n) is 3.26. The highest BCUT2D eigenvalue weighted by Gasteiger charge is 2.22. The van der Waals surface area contributed by atoms with E-state index >= 15 is 0 Å². The van der Waals surface area contributed by atoms with E-state index in [1.807, 2.05) is 30.3 Å². The third kappa shape index (κ3) is 2.29. The Balaban J connectivity index is 2.19. The van der Waals surface area contributed by atoms with E-state index in [-0.39, 0.29) is 16.9 Å². The van der Waals surface area contributed by atoms with Crippen molar-refractivity contribution >= 4 is 5.78 Å². The summed E-state index contributed by atoms with van der Waals surface area (Å²) in [5.41, 5.74) is 1.50. The number of nitrogens with zero attached hydrogens (tertiary/aromatic N) is 2. The largest absolute Gasteiger partial charge is 0.294 e. The van der Waals surface area contributed by atoms with Crippen molar-refractivity contribution in [2.24, 2.45) is 7.05 Å². The lowest BCUT2D eigenvalue weighted by molar-refractivity contribution is 0.103. The second-order valence-electron chi connectivity index (χ2n) is 4.66. The predicted octanol–water partition coefficient (Wildman–Crippen LogP) is 2.01. The molecule has 0 saturated heterocycles. The molecule has 21 heavy (non-hydrogen) atoms. The summed E-state index contributed by atoms with van der Waals surface area (Å²) in [7, 11) is 1.59. The van der Waals surface area contributed by atoms with Crippen molar-refractivity contribution in [2.45, 2.75) is 0 Å². The van der Waals surface area contributed by atoms with Gasteiger partial charge in [0.15, 0.2) is 0 Å². The van der Waals surface area contributed by atoms with Gasteiger partial charge in [0.1, 0.15) is 5.56 Å². The summed E-state index contributed by atoms with van der Waals surface area (Å²) < 4.78 is 1.31. The SMILES string of the molecule is Cn1[nH]c(-c2ccccc2)c(C(=O)c2cccnc2)c1=O. The first-order valence-electron chi connectivity index (χ1n) is 6.47. The van der Waals surface area contributed by atoms with Gasteiger partial charge in [-0.25, -0.2) is 0 Å². The lowest BCUT2D eigenvalue weighted by Gasteiger charge is -2.02. The molecule has 2 heterocycles. The maximum atomic E-state index is 12.6. The maximum absolute atomic E-state index is 12.6. The summed E-state index contributed by atoms with van der Waals surface area (Å²) in [6.07, 6.45) is 3.05. The molecule has 104 valence electrons. The van der Waals surface area contributed by atoms with E-state index in [9.17, 15) is 9.59 Å². The molecule has 3 aromatic rings. The van der Waals surface area contributed by atoms with Crippen molar-refractivity contribution in [2.75, 3.05) is 0 Å². The van der Waals surface area contributed by atoms with Crippen LogP contribution in [0.1, 0.15) is 15.9 Å². The molecule has 3 rings (SSSR count). The van der Waals surface area contributed by atoms with Crippen LogP contribution >= 0.6 is 0 Å². The third-order valence-corrected chi connectivity index (χ3v) is 3.26. The first-order valence-corrected chi connectivity index (χ1v) is 6.47. The van der Waals surface area contributed by atoms with Crippen LogP contribution in [0.2, 0.25) is 0 Å². The van der Waals surface area contributed by atoms with Crippen LogP contribution in [-0.4, -0.2) is 20.5 Å². The lowest BCUT2D eigenvalue weighted by atomic mass is 10.0. The molecule has 0 atom stereocenters. The highest BCUT2D eigenvalue weighted by molar-refractivity contribution is 6.12. The van der Waals surface area contributed by atoms with Gasteiger partial charge in [0.2, 0.25) is 5.78 Å². The molecule has 1 N–H and O–H groups in total. The monoisotopic (exact) mass is 279 g/mol. The molecule has 0 aliphatic rings. The summed E-state index contributed by atoms with van der Waals surface area (Å²) in [5, 5.41) is 2.94. The topological polar surface area (TPSA) is 67.8 Å². The van der Waals surface area contributed by atoms with Crippen LogP contribution in [-0.2, 0) is 7.05 Å². The summed E-state index contributed by atoms with van der Waals surface area (Å²) in [6, 6.07) is 12.6. The van der Waals surface area contributed by atoms with Gasteiger partial charge in [-0.3, -0.25) is 24.4 Å². The molecular formula is C16H13N3O2. The van der Waals surface area contributed by atoms with Crippen LogP contribution < -0.4 is 5.56 Å². The van der Waals surface area contributed by atoms with Gasteiger partial charge in [-0.2, -0.15) is 0 Å². The number of H-pyrrole nitrogens is 1. The molecule has 0 unspecified atom stereocenters. The number of hydrogen-bond donors (Lipinski definition) is 1. The number of aromatic nitrogens is 3. The molecule has 0 radical (unpaired) electrons. The molecule has 0 aliphatic heterocycles.